The number of hydrogen-bond acceptors (Lipinski definition) is 6. The summed E-state index contributed by atoms with van der Waals surface area (Å²) in [5.74, 6) is 1.11. The number of nitrogens with zero attached hydrogens (tertiary/aromatic N) is 3. The van der Waals surface area contributed by atoms with E-state index in [9.17, 15) is 9.59 Å². The number of nitrogens with one attached hydrogen (secondary N) is 2. The molecule has 1 saturated carbocycles. The lowest BCUT2D eigenvalue weighted by molar-refractivity contribution is -0.117. The number of benzene rings is 2. The molecule has 0 spiro atoms. The number of rotatable bonds is 8. The molecule has 0 unspecified atom stereocenters. The summed E-state index contributed by atoms with van der Waals surface area (Å²) in [6.07, 6.45) is 4.14. The topological polar surface area (TPSA) is 98.1 Å². The third kappa shape index (κ3) is 5.96. The molecule has 1 aromatic heterocycles. The van der Waals surface area contributed by atoms with Gasteiger partial charge in [0.15, 0.2) is 11.0 Å². The average molecular weight is 480 g/mol. The highest BCUT2D eigenvalue weighted by atomic mass is 32.2. The lowest BCUT2D eigenvalue weighted by Crippen LogP contribution is -2.44. The molecule has 2 aromatic carbocycles. The van der Waals surface area contributed by atoms with Crippen molar-refractivity contribution in [3.8, 4) is 11.4 Å². The van der Waals surface area contributed by atoms with E-state index in [4.69, 9.17) is 4.74 Å². The van der Waals surface area contributed by atoms with Crippen molar-refractivity contribution >= 4 is 23.7 Å². The van der Waals surface area contributed by atoms with Crippen molar-refractivity contribution in [1.82, 2.24) is 25.4 Å². The monoisotopic (exact) mass is 479 g/mol. The molecule has 3 aromatic rings. The number of urea groups is 1. The number of hydrogen-bond donors (Lipinski definition) is 2. The van der Waals surface area contributed by atoms with Crippen molar-refractivity contribution in [3.63, 3.8) is 0 Å². The quantitative estimate of drug-likeness (QED) is 0.467. The maximum Gasteiger partial charge on any atom is 0.321 e. The van der Waals surface area contributed by atoms with E-state index in [-0.39, 0.29) is 24.3 Å². The van der Waals surface area contributed by atoms with Crippen LogP contribution in [0.4, 0.5) is 4.79 Å². The molecule has 1 aliphatic rings. The van der Waals surface area contributed by atoms with Crippen molar-refractivity contribution in [2.75, 3.05) is 5.75 Å². The smallest absolute Gasteiger partial charge is 0.321 e. The Hall–Kier alpha value is -3.33. The van der Waals surface area contributed by atoms with Gasteiger partial charge in [-0.3, -0.25) is 14.7 Å². The van der Waals surface area contributed by atoms with Gasteiger partial charge in [-0.2, -0.15) is 0 Å². The van der Waals surface area contributed by atoms with E-state index >= 15 is 0 Å². The predicted octanol–water partition coefficient (Wildman–Crippen LogP) is 4.32. The minimum Gasteiger partial charge on any atom is -0.485 e. The summed E-state index contributed by atoms with van der Waals surface area (Å²) in [7, 11) is 0. The Bertz CT molecular complexity index is 1120. The van der Waals surface area contributed by atoms with Crippen LogP contribution in [0.25, 0.3) is 5.69 Å². The second-order valence-electron chi connectivity index (χ2n) is 8.37. The van der Waals surface area contributed by atoms with Crippen LogP contribution in [0.3, 0.4) is 0 Å². The maximum atomic E-state index is 12.4. The van der Waals surface area contributed by atoms with Crippen LogP contribution in [0.15, 0.2) is 53.7 Å². The molecule has 0 saturated heterocycles. The summed E-state index contributed by atoms with van der Waals surface area (Å²) < 4.78 is 7.98. The zero-order valence-corrected chi connectivity index (χ0v) is 20.2. The number of aryl methyl sites for hydroxylation is 2. The van der Waals surface area contributed by atoms with Gasteiger partial charge in [0.05, 0.1) is 5.75 Å². The number of aromatic nitrogens is 3. The Morgan fingerprint density at radius 2 is 1.74 bits per heavy atom. The van der Waals surface area contributed by atoms with Gasteiger partial charge >= 0.3 is 6.03 Å². The number of amides is 3. The third-order valence-electron chi connectivity index (χ3n) is 5.74. The summed E-state index contributed by atoms with van der Waals surface area (Å²) >= 11 is 1.23. The number of carbonyl (C=O) groups is 2. The SMILES string of the molecule is Cc1cccc(C)c1OCc1nnc(SCC(=O)NC(=O)NC2CCCC2)n1-c1ccccc1. The van der Waals surface area contributed by atoms with Crippen LogP contribution in [-0.4, -0.2) is 38.5 Å². The summed E-state index contributed by atoms with van der Waals surface area (Å²) in [5, 5.41) is 14.5. The Morgan fingerprint density at radius 3 is 2.44 bits per heavy atom. The first kappa shape index (κ1) is 23.8. The van der Waals surface area contributed by atoms with E-state index in [1.807, 2.05) is 66.9 Å². The zero-order chi connectivity index (χ0) is 23.9. The normalized spacial score (nSPS) is 13.6. The fraction of sp³-hybridized carbons (Fsp3) is 0.360. The van der Waals surface area contributed by atoms with Gasteiger partial charge in [0, 0.05) is 11.7 Å². The molecular formula is C25H29N5O3S. The Morgan fingerprint density at radius 1 is 1.03 bits per heavy atom. The first-order valence-electron chi connectivity index (χ1n) is 11.4. The van der Waals surface area contributed by atoms with Crippen molar-refractivity contribution in [2.45, 2.75) is 57.3 Å². The molecule has 1 heterocycles. The van der Waals surface area contributed by atoms with E-state index in [1.165, 1.54) is 11.8 Å². The fourth-order valence-electron chi connectivity index (χ4n) is 4.07. The second kappa shape index (κ2) is 11.2. The molecule has 178 valence electrons. The molecule has 8 nitrogen and oxygen atoms in total. The molecule has 4 rings (SSSR count). The summed E-state index contributed by atoms with van der Waals surface area (Å²) in [6.45, 7) is 4.24. The molecule has 0 aliphatic heterocycles. The third-order valence-corrected chi connectivity index (χ3v) is 6.67. The Labute approximate surface area is 203 Å². The molecular weight excluding hydrogens is 450 g/mol. The van der Waals surface area contributed by atoms with Crippen LogP contribution >= 0.6 is 11.8 Å². The highest BCUT2D eigenvalue weighted by Crippen LogP contribution is 2.26. The number of thioether (sulfide) groups is 1. The maximum absolute atomic E-state index is 12.4. The first-order valence-corrected chi connectivity index (χ1v) is 12.4. The predicted molar refractivity (Wildman–Crippen MR) is 131 cm³/mol. The summed E-state index contributed by atoms with van der Waals surface area (Å²) in [6, 6.07) is 15.4. The highest BCUT2D eigenvalue weighted by molar-refractivity contribution is 7.99. The van der Waals surface area contributed by atoms with Crippen LogP contribution < -0.4 is 15.4 Å². The van der Waals surface area contributed by atoms with Crippen molar-refractivity contribution in [2.24, 2.45) is 0 Å². The second-order valence-corrected chi connectivity index (χ2v) is 9.31. The molecule has 9 heteroatoms. The molecule has 34 heavy (non-hydrogen) atoms. The van der Waals surface area contributed by atoms with Crippen LogP contribution in [-0.2, 0) is 11.4 Å². The van der Waals surface area contributed by atoms with E-state index in [0.717, 1.165) is 48.2 Å². The molecule has 3 amide bonds. The lowest BCUT2D eigenvalue weighted by atomic mass is 10.1. The minimum atomic E-state index is -0.440. The molecule has 0 atom stereocenters. The van der Waals surface area contributed by atoms with Crippen LogP contribution in [0, 0.1) is 13.8 Å². The van der Waals surface area contributed by atoms with Gasteiger partial charge in [-0.25, -0.2) is 4.79 Å². The van der Waals surface area contributed by atoms with Gasteiger partial charge in [0.25, 0.3) is 0 Å². The lowest BCUT2D eigenvalue weighted by Gasteiger charge is -2.14. The van der Waals surface area contributed by atoms with Crippen LogP contribution in [0.5, 0.6) is 5.75 Å². The fourth-order valence-corrected chi connectivity index (χ4v) is 4.84. The number of carbonyl (C=O) groups excluding carboxylic acids is 2. The molecule has 2 N–H and O–H groups in total. The van der Waals surface area contributed by atoms with E-state index < -0.39 is 6.03 Å². The van der Waals surface area contributed by atoms with Gasteiger partial charge in [0.1, 0.15) is 12.4 Å². The molecule has 0 radical (unpaired) electrons. The van der Waals surface area contributed by atoms with Gasteiger partial charge in [-0.15, -0.1) is 10.2 Å². The number of imide groups is 1. The average Bonchev–Trinajstić information content (AvgIpc) is 3.47. The van der Waals surface area contributed by atoms with Crippen LogP contribution in [0.1, 0.15) is 42.6 Å². The van der Waals surface area contributed by atoms with Gasteiger partial charge < -0.3 is 10.1 Å². The van der Waals surface area contributed by atoms with Crippen LogP contribution in [0.2, 0.25) is 0 Å². The first-order chi connectivity index (χ1) is 16.5. The minimum absolute atomic E-state index is 0.0425. The molecule has 0 bridgehead atoms. The number of ether oxygens (including phenoxy) is 1. The highest BCUT2D eigenvalue weighted by Gasteiger charge is 2.20. The number of para-hydroxylation sites is 2. The summed E-state index contributed by atoms with van der Waals surface area (Å²) in [4.78, 5) is 24.5. The van der Waals surface area contributed by atoms with Crippen molar-refractivity contribution in [3.05, 3.63) is 65.5 Å². The van der Waals surface area contributed by atoms with E-state index in [0.29, 0.717) is 11.0 Å². The van der Waals surface area contributed by atoms with Gasteiger partial charge in [-0.1, -0.05) is 61.0 Å². The largest absolute Gasteiger partial charge is 0.485 e. The van der Waals surface area contributed by atoms with Crippen molar-refractivity contribution in [1.29, 1.82) is 0 Å². The van der Waals surface area contributed by atoms with Crippen molar-refractivity contribution < 1.29 is 14.3 Å². The van der Waals surface area contributed by atoms with Gasteiger partial charge in [-0.05, 0) is 49.9 Å². The standard InChI is InChI=1S/C25H29N5O3S/c1-17-9-8-10-18(2)23(17)33-15-21-28-29-25(30(21)20-13-4-3-5-14-20)34-16-22(31)27-24(32)26-19-11-6-7-12-19/h3-5,8-10,13-14,19H,6-7,11-12,15-16H2,1-2H3,(H2,26,27,31,32). The Balaban J connectivity index is 1.44. The Kier molecular flexibility index (Phi) is 7.84. The molecule has 1 aliphatic carbocycles. The molecule has 1 fully saturated rings. The van der Waals surface area contributed by atoms with Gasteiger partial charge in [0.2, 0.25) is 5.91 Å². The van der Waals surface area contributed by atoms with E-state index in [2.05, 4.69) is 20.8 Å². The van der Waals surface area contributed by atoms with E-state index in [1.54, 1.807) is 0 Å². The zero-order valence-electron chi connectivity index (χ0n) is 19.4. The summed E-state index contributed by atoms with van der Waals surface area (Å²) in [5.41, 5.74) is 2.97.